The summed E-state index contributed by atoms with van der Waals surface area (Å²) in [5, 5.41) is 28.5. The number of likely N-dealkylation sites (tertiary alicyclic amines) is 1. The van der Waals surface area contributed by atoms with E-state index in [1.54, 1.807) is 4.90 Å². The largest absolute Gasteiger partial charge is 0.465 e. The van der Waals surface area contributed by atoms with Gasteiger partial charge < -0.3 is 25.7 Å². The molecule has 9 heteroatoms. The van der Waals surface area contributed by atoms with E-state index in [4.69, 9.17) is 4.98 Å². The minimum Gasteiger partial charge on any atom is -0.465 e. The molecule has 0 radical (unpaired) electrons. The van der Waals surface area contributed by atoms with Crippen molar-refractivity contribution in [1.29, 1.82) is 0 Å². The van der Waals surface area contributed by atoms with Crippen molar-refractivity contribution >= 4 is 38.7 Å². The number of nitrogens with zero attached hydrogens (tertiary/aromatic N) is 2. The van der Waals surface area contributed by atoms with Crippen LogP contribution in [0, 0.1) is 23.7 Å². The second-order valence-corrected chi connectivity index (χ2v) is 12.8. The van der Waals surface area contributed by atoms with Crippen LogP contribution in [0.25, 0.3) is 10.2 Å². The zero-order valence-electron chi connectivity index (χ0n) is 19.7. The molecule has 0 spiro atoms. The summed E-state index contributed by atoms with van der Waals surface area (Å²) in [5.74, 6) is 1.63. The van der Waals surface area contributed by atoms with Gasteiger partial charge in [-0.3, -0.25) is 4.79 Å². The number of benzene rings is 1. The van der Waals surface area contributed by atoms with Crippen LogP contribution in [0.1, 0.15) is 61.7 Å². The molecule has 2 aromatic rings. The predicted octanol–water partition coefficient (Wildman–Crippen LogP) is 3.91. The van der Waals surface area contributed by atoms with Crippen LogP contribution >= 0.6 is 11.3 Å². The summed E-state index contributed by atoms with van der Waals surface area (Å²) in [7, 11) is 0. The van der Waals surface area contributed by atoms with Crippen molar-refractivity contribution in [1.82, 2.24) is 15.2 Å². The molecule has 6 aliphatic rings. The summed E-state index contributed by atoms with van der Waals surface area (Å²) >= 11 is 1.53. The van der Waals surface area contributed by atoms with Crippen LogP contribution in [0.5, 0.6) is 0 Å². The molecule has 5 saturated carbocycles. The second-order valence-electron chi connectivity index (χ2n) is 11.7. The first-order valence-electron chi connectivity index (χ1n) is 13.1. The van der Waals surface area contributed by atoms with Crippen LogP contribution in [0.15, 0.2) is 18.2 Å². The van der Waals surface area contributed by atoms with E-state index in [0.717, 1.165) is 66.7 Å². The molecule has 4 N–H and O–H groups in total. The number of thiazole rings is 1. The highest BCUT2D eigenvalue weighted by Gasteiger charge is 2.59. The highest BCUT2D eigenvalue weighted by atomic mass is 32.1. The van der Waals surface area contributed by atoms with Crippen LogP contribution in [-0.4, -0.2) is 62.4 Å². The number of amides is 2. The Balaban J connectivity index is 1.14. The van der Waals surface area contributed by atoms with Gasteiger partial charge >= 0.3 is 6.09 Å². The zero-order valence-corrected chi connectivity index (χ0v) is 20.5. The summed E-state index contributed by atoms with van der Waals surface area (Å²) < 4.78 is 0.956. The maximum absolute atomic E-state index is 12.5. The summed E-state index contributed by atoms with van der Waals surface area (Å²) in [6, 6.07) is 5.85. The average molecular weight is 497 g/mol. The molecule has 1 aromatic carbocycles. The van der Waals surface area contributed by atoms with Crippen molar-refractivity contribution in [3.63, 3.8) is 0 Å². The molecule has 1 aliphatic heterocycles. The van der Waals surface area contributed by atoms with E-state index in [9.17, 15) is 19.8 Å². The minimum atomic E-state index is -0.845. The van der Waals surface area contributed by atoms with Crippen LogP contribution in [0.4, 0.5) is 9.93 Å². The third-order valence-corrected chi connectivity index (χ3v) is 10.2. The number of hydrogen-bond acceptors (Lipinski definition) is 6. The SMILES string of the molecule is O=C(NC1CC1)c1ccc2nc(NC3CCN(C(=O)O)C3C3[C@@H]4CC5C[C@H]3CC(O)(C5)C4)sc2c1. The van der Waals surface area contributed by atoms with Gasteiger partial charge in [-0.25, -0.2) is 9.78 Å². The first-order chi connectivity index (χ1) is 16.8. The van der Waals surface area contributed by atoms with Gasteiger partial charge in [0.15, 0.2) is 5.13 Å². The normalized spacial score (nSPS) is 37.7. The predicted molar refractivity (Wildman–Crippen MR) is 133 cm³/mol. The topological polar surface area (TPSA) is 115 Å². The van der Waals surface area contributed by atoms with E-state index in [0.29, 0.717) is 35.9 Å². The van der Waals surface area contributed by atoms with Gasteiger partial charge in [-0.15, -0.1) is 0 Å². The van der Waals surface area contributed by atoms with E-state index >= 15 is 0 Å². The number of rotatable bonds is 5. The van der Waals surface area contributed by atoms with Crippen LogP contribution < -0.4 is 10.6 Å². The Bertz CT molecular complexity index is 1180. The van der Waals surface area contributed by atoms with Crippen molar-refractivity contribution < 1.29 is 19.8 Å². The van der Waals surface area contributed by atoms with Gasteiger partial charge in [-0.1, -0.05) is 11.3 Å². The summed E-state index contributed by atoms with van der Waals surface area (Å²) in [4.78, 5) is 31.1. The molecule has 6 fully saturated rings. The van der Waals surface area contributed by atoms with Crippen molar-refractivity contribution in [3.05, 3.63) is 23.8 Å². The molecule has 1 saturated heterocycles. The Labute approximate surface area is 208 Å². The fourth-order valence-electron chi connectivity index (χ4n) is 8.03. The molecule has 5 aliphatic carbocycles. The van der Waals surface area contributed by atoms with Gasteiger partial charge in [0.2, 0.25) is 0 Å². The number of carboxylic acid groups (broad SMARTS) is 1. The van der Waals surface area contributed by atoms with Crippen LogP contribution in [0.2, 0.25) is 0 Å². The molecular formula is C26H32N4O4S. The molecule has 8 nitrogen and oxygen atoms in total. The first-order valence-corrected chi connectivity index (χ1v) is 13.9. The Morgan fingerprint density at radius 3 is 2.57 bits per heavy atom. The van der Waals surface area contributed by atoms with Gasteiger partial charge in [0, 0.05) is 18.2 Å². The monoisotopic (exact) mass is 496 g/mol. The lowest BCUT2D eigenvalue weighted by molar-refractivity contribution is -0.162. The second kappa shape index (κ2) is 7.80. The fraction of sp³-hybridized carbons (Fsp3) is 0.654. The maximum atomic E-state index is 12.5. The smallest absolute Gasteiger partial charge is 0.407 e. The number of carbonyl (C=O) groups is 2. The summed E-state index contributed by atoms with van der Waals surface area (Å²) in [6.07, 6.45) is 6.81. The van der Waals surface area contributed by atoms with Crippen molar-refractivity contribution in [3.8, 4) is 0 Å². The third-order valence-electron chi connectivity index (χ3n) is 9.28. The van der Waals surface area contributed by atoms with Crippen molar-refractivity contribution in [2.45, 2.75) is 75.1 Å². The lowest BCUT2D eigenvalue weighted by Crippen LogP contribution is -2.61. The van der Waals surface area contributed by atoms with E-state index in [1.807, 2.05) is 18.2 Å². The highest BCUT2D eigenvalue weighted by Crippen LogP contribution is 2.60. The number of hydrogen-bond donors (Lipinski definition) is 4. The first kappa shape index (κ1) is 21.9. The van der Waals surface area contributed by atoms with E-state index in [2.05, 4.69) is 10.6 Å². The number of anilines is 1. The molecule has 35 heavy (non-hydrogen) atoms. The molecule has 2 amide bonds. The van der Waals surface area contributed by atoms with Gasteiger partial charge in [0.1, 0.15) is 0 Å². The van der Waals surface area contributed by atoms with Crippen LogP contribution in [-0.2, 0) is 0 Å². The Morgan fingerprint density at radius 1 is 1.11 bits per heavy atom. The lowest BCUT2D eigenvalue weighted by Gasteiger charge is -2.60. The Hall–Kier alpha value is -2.39. The van der Waals surface area contributed by atoms with Gasteiger partial charge in [0.05, 0.1) is 27.9 Å². The standard InChI is InChI=1S/C26H32N4O4S/c31-23(27-17-2-3-17)14-1-4-18-20(9-14)35-24(28-18)29-19-5-6-30(25(32)33)22(19)21-15-7-13-8-16(21)12-26(34,10-13)11-15/h1,4,9,13,15-17,19,21-22,34H,2-3,5-8,10-12H2,(H,27,31)(H,28,29)(H,32,33)/t13?,15-,16+,19?,21?,22?,26?. The van der Waals surface area contributed by atoms with E-state index < -0.39 is 11.7 Å². The van der Waals surface area contributed by atoms with Crippen LogP contribution in [0.3, 0.4) is 0 Å². The molecule has 2 heterocycles. The third kappa shape index (κ3) is 3.78. The Morgan fingerprint density at radius 2 is 1.89 bits per heavy atom. The number of fused-ring (bicyclic) bond motifs is 1. The molecule has 1 aromatic heterocycles. The number of aromatic nitrogens is 1. The average Bonchev–Trinajstić information content (AvgIpc) is 3.36. The molecule has 186 valence electrons. The quantitative estimate of drug-likeness (QED) is 0.499. The zero-order chi connectivity index (χ0) is 23.9. The fourth-order valence-corrected chi connectivity index (χ4v) is 9.00. The minimum absolute atomic E-state index is 0.00136. The molecule has 7 atom stereocenters. The van der Waals surface area contributed by atoms with Crippen molar-refractivity contribution in [2.24, 2.45) is 23.7 Å². The maximum Gasteiger partial charge on any atom is 0.407 e. The lowest BCUT2D eigenvalue weighted by atomic mass is 9.48. The van der Waals surface area contributed by atoms with E-state index in [-0.39, 0.29) is 23.9 Å². The number of aliphatic hydroxyl groups is 1. The summed E-state index contributed by atoms with van der Waals surface area (Å²) in [5.41, 5.74) is 0.975. The number of nitrogens with one attached hydrogen (secondary N) is 2. The molecule has 8 rings (SSSR count). The summed E-state index contributed by atoms with van der Waals surface area (Å²) in [6.45, 7) is 0.525. The molecule has 5 unspecified atom stereocenters. The van der Waals surface area contributed by atoms with Gasteiger partial charge in [-0.05, 0) is 93.2 Å². The molecule has 4 bridgehead atoms. The van der Waals surface area contributed by atoms with E-state index in [1.165, 1.54) is 11.3 Å². The van der Waals surface area contributed by atoms with Crippen molar-refractivity contribution in [2.75, 3.05) is 11.9 Å². The Kier molecular flexibility index (Phi) is 4.87. The number of carbonyl (C=O) groups excluding carboxylic acids is 1. The van der Waals surface area contributed by atoms with Gasteiger partial charge in [0.25, 0.3) is 5.91 Å². The van der Waals surface area contributed by atoms with Gasteiger partial charge in [-0.2, -0.15) is 0 Å². The highest BCUT2D eigenvalue weighted by molar-refractivity contribution is 7.22. The molecular weight excluding hydrogens is 464 g/mol.